The number of nitrogens with one attached hydrogen (secondary N) is 5. The summed E-state index contributed by atoms with van der Waals surface area (Å²) in [6, 6.07) is 1.80. The summed E-state index contributed by atoms with van der Waals surface area (Å²) >= 11 is 0. The van der Waals surface area contributed by atoms with E-state index in [4.69, 9.17) is 0 Å². The lowest BCUT2D eigenvalue weighted by Gasteiger charge is -2.58. The summed E-state index contributed by atoms with van der Waals surface area (Å²) in [5.41, 5.74) is 16.3. The molecular formula is C10H20N6. The maximum Gasteiger partial charge on any atom is 0.0640 e. The summed E-state index contributed by atoms with van der Waals surface area (Å²) in [5.74, 6) is 1.70. The molecule has 5 unspecified atom stereocenters. The summed E-state index contributed by atoms with van der Waals surface area (Å²) < 4.78 is 0. The molecule has 0 bridgehead atoms. The second-order valence-electron chi connectivity index (χ2n) is 5.56. The first-order chi connectivity index (χ1) is 7.93. The third-order valence-electron chi connectivity index (χ3n) is 4.86. The Balaban J connectivity index is 1.67. The fourth-order valence-corrected chi connectivity index (χ4v) is 4.19. The molecule has 6 nitrogen and oxygen atoms in total. The van der Waals surface area contributed by atoms with Crippen molar-refractivity contribution in [2.45, 2.75) is 50.2 Å². The molecule has 0 aromatic rings. The smallest absolute Gasteiger partial charge is 0.0640 e. The van der Waals surface area contributed by atoms with Crippen molar-refractivity contribution in [2.75, 3.05) is 0 Å². The average Bonchev–Trinajstić information content (AvgIpc) is 2.36. The van der Waals surface area contributed by atoms with Gasteiger partial charge in [-0.15, -0.1) is 5.12 Å². The number of nitrogens with zero attached hydrogens (tertiary/aromatic N) is 1. The molecule has 5 N–H and O–H groups in total. The largest absolute Gasteiger partial charge is 0.239 e. The van der Waals surface area contributed by atoms with Crippen LogP contribution in [-0.4, -0.2) is 23.2 Å². The molecule has 2 heterocycles. The molecule has 2 saturated carbocycles. The molecule has 0 spiro atoms. The number of rotatable bonds is 0. The van der Waals surface area contributed by atoms with Crippen molar-refractivity contribution in [3.8, 4) is 0 Å². The molecule has 90 valence electrons. The average molecular weight is 224 g/mol. The Morgan fingerprint density at radius 2 is 1.88 bits per heavy atom. The molecule has 4 rings (SSSR count). The van der Waals surface area contributed by atoms with E-state index in [-0.39, 0.29) is 0 Å². The monoisotopic (exact) mass is 224 g/mol. The molecule has 4 aliphatic rings. The van der Waals surface area contributed by atoms with Crippen LogP contribution in [0.3, 0.4) is 0 Å². The predicted octanol–water partition coefficient (Wildman–Crippen LogP) is -0.845. The minimum absolute atomic E-state index is 0.567. The van der Waals surface area contributed by atoms with Crippen molar-refractivity contribution in [1.82, 2.24) is 32.6 Å². The highest BCUT2D eigenvalue weighted by molar-refractivity contribution is 5.03. The number of hydrogen-bond donors (Lipinski definition) is 5. The third kappa shape index (κ3) is 1.28. The van der Waals surface area contributed by atoms with Crippen molar-refractivity contribution in [3.05, 3.63) is 0 Å². The fourth-order valence-electron chi connectivity index (χ4n) is 4.19. The van der Waals surface area contributed by atoms with Gasteiger partial charge in [-0.2, -0.15) is 16.6 Å². The lowest BCUT2D eigenvalue weighted by Crippen LogP contribution is -2.82. The lowest BCUT2D eigenvalue weighted by atomic mass is 9.64. The SMILES string of the molecule is C1CC2CCC3NNNN4NNC(C1)C2C34. The van der Waals surface area contributed by atoms with Gasteiger partial charge in [-0.1, -0.05) is 12.8 Å². The van der Waals surface area contributed by atoms with Crippen LogP contribution in [0.2, 0.25) is 0 Å². The zero-order valence-corrected chi connectivity index (χ0v) is 9.37. The second-order valence-corrected chi connectivity index (χ2v) is 5.56. The first-order valence-electron chi connectivity index (χ1n) is 6.50. The van der Waals surface area contributed by atoms with Crippen LogP contribution in [0.1, 0.15) is 32.1 Å². The summed E-state index contributed by atoms with van der Waals surface area (Å²) in [6.07, 6.45) is 6.79. The topological polar surface area (TPSA) is 63.4 Å². The molecule has 0 aromatic carbocycles. The van der Waals surface area contributed by atoms with E-state index in [9.17, 15) is 0 Å². The van der Waals surface area contributed by atoms with Crippen LogP contribution >= 0.6 is 0 Å². The third-order valence-corrected chi connectivity index (χ3v) is 4.86. The molecule has 0 aromatic heterocycles. The standard InChI is InChI=1S/C10H20N6/c1-2-6-4-5-8-10-9(6)7(3-1)12-14-16(10)15-13-11-8/h6-15H,1-5H2. The lowest BCUT2D eigenvalue weighted by molar-refractivity contribution is -0.153. The van der Waals surface area contributed by atoms with Gasteiger partial charge in [0.15, 0.2) is 0 Å². The van der Waals surface area contributed by atoms with E-state index in [2.05, 4.69) is 32.6 Å². The minimum atomic E-state index is 0.567. The van der Waals surface area contributed by atoms with E-state index in [0.717, 1.165) is 11.8 Å². The Kier molecular flexibility index (Phi) is 2.21. The second kappa shape index (κ2) is 3.63. The Morgan fingerprint density at radius 1 is 0.875 bits per heavy atom. The van der Waals surface area contributed by atoms with Gasteiger partial charge in [0.05, 0.1) is 6.04 Å². The molecule has 6 heteroatoms. The highest BCUT2D eigenvalue weighted by Gasteiger charge is 2.51. The van der Waals surface area contributed by atoms with E-state index >= 15 is 0 Å². The van der Waals surface area contributed by atoms with Crippen LogP contribution in [0.5, 0.6) is 0 Å². The summed E-state index contributed by atoms with van der Waals surface area (Å²) in [6.45, 7) is 0. The van der Waals surface area contributed by atoms with Crippen molar-refractivity contribution < 1.29 is 0 Å². The zero-order chi connectivity index (χ0) is 10.5. The number of hydrogen-bond acceptors (Lipinski definition) is 6. The van der Waals surface area contributed by atoms with E-state index in [1.807, 2.05) is 0 Å². The van der Waals surface area contributed by atoms with Gasteiger partial charge in [-0.05, 0) is 31.1 Å². The van der Waals surface area contributed by atoms with Crippen LogP contribution in [-0.2, 0) is 0 Å². The van der Waals surface area contributed by atoms with Gasteiger partial charge in [-0.3, -0.25) is 0 Å². The first-order valence-corrected chi connectivity index (χ1v) is 6.50. The minimum Gasteiger partial charge on any atom is -0.239 e. The molecule has 2 saturated heterocycles. The molecule has 4 fully saturated rings. The molecule has 2 aliphatic heterocycles. The van der Waals surface area contributed by atoms with Gasteiger partial charge in [0.1, 0.15) is 0 Å². The van der Waals surface area contributed by atoms with Crippen LogP contribution in [0.4, 0.5) is 0 Å². The molecule has 2 aliphatic carbocycles. The van der Waals surface area contributed by atoms with E-state index in [0.29, 0.717) is 18.1 Å². The van der Waals surface area contributed by atoms with Crippen molar-refractivity contribution >= 4 is 0 Å². The predicted molar refractivity (Wildman–Crippen MR) is 58.9 cm³/mol. The van der Waals surface area contributed by atoms with Crippen molar-refractivity contribution in [1.29, 1.82) is 0 Å². The zero-order valence-electron chi connectivity index (χ0n) is 9.37. The molecule has 0 radical (unpaired) electrons. The van der Waals surface area contributed by atoms with E-state index in [1.165, 1.54) is 32.1 Å². The summed E-state index contributed by atoms with van der Waals surface area (Å²) in [5, 5.41) is 2.11. The maximum atomic E-state index is 3.45. The van der Waals surface area contributed by atoms with Gasteiger partial charge in [0.25, 0.3) is 0 Å². The Hall–Kier alpha value is -0.240. The summed E-state index contributed by atoms with van der Waals surface area (Å²) in [4.78, 5) is 0. The van der Waals surface area contributed by atoms with Gasteiger partial charge < -0.3 is 0 Å². The summed E-state index contributed by atoms with van der Waals surface area (Å²) in [7, 11) is 0. The quantitative estimate of drug-likeness (QED) is 0.370. The first kappa shape index (κ1) is 9.76. The van der Waals surface area contributed by atoms with Gasteiger partial charge in [0, 0.05) is 12.1 Å². The highest BCUT2D eigenvalue weighted by atomic mass is 16.0. The van der Waals surface area contributed by atoms with Crippen LogP contribution in [0.25, 0.3) is 0 Å². The molecule has 0 amide bonds. The highest BCUT2D eigenvalue weighted by Crippen LogP contribution is 2.43. The Bertz CT molecular complexity index is 232. The maximum absolute atomic E-state index is 3.45. The molecule has 5 atom stereocenters. The molecule has 16 heavy (non-hydrogen) atoms. The van der Waals surface area contributed by atoms with Crippen LogP contribution in [0, 0.1) is 11.8 Å². The van der Waals surface area contributed by atoms with Crippen molar-refractivity contribution in [2.24, 2.45) is 11.8 Å². The van der Waals surface area contributed by atoms with E-state index in [1.54, 1.807) is 0 Å². The number of hydrazine groups is 5. The van der Waals surface area contributed by atoms with Gasteiger partial charge in [0.2, 0.25) is 0 Å². The Labute approximate surface area is 95.4 Å². The van der Waals surface area contributed by atoms with E-state index < -0.39 is 0 Å². The van der Waals surface area contributed by atoms with Crippen LogP contribution < -0.4 is 27.5 Å². The Morgan fingerprint density at radius 3 is 2.88 bits per heavy atom. The van der Waals surface area contributed by atoms with Crippen LogP contribution in [0.15, 0.2) is 0 Å². The normalized spacial score (nSPS) is 52.1. The van der Waals surface area contributed by atoms with Crippen molar-refractivity contribution in [3.63, 3.8) is 0 Å². The fraction of sp³-hybridized carbons (Fsp3) is 1.00. The van der Waals surface area contributed by atoms with Gasteiger partial charge >= 0.3 is 0 Å². The van der Waals surface area contributed by atoms with Gasteiger partial charge in [-0.25, -0.2) is 10.9 Å². The molecular weight excluding hydrogens is 204 g/mol.